The van der Waals surface area contributed by atoms with E-state index in [0.29, 0.717) is 12.1 Å². The van der Waals surface area contributed by atoms with Crippen LogP contribution in [0.2, 0.25) is 0 Å². The summed E-state index contributed by atoms with van der Waals surface area (Å²) in [5.74, 6) is -0.335. The summed E-state index contributed by atoms with van der Waals surface area (Å²) >= 11 is 0. The number of aliphatic hydroxyl groups excluding tert-OH is 1. The van der Waals surface area contributed by atoms with Gasteiger partial charge in [0.1, 0.15) is 6.10 Å². The van der Waals surface area contributed by atoms with Crippen LogP contribution in [-0.4, -0.2) is 47.8 Å². The van der Waals surface area contributed by atoms with Gasteiger partial charge in [-0.05, 0) is 44.5 Å². The van der Waals surface area contributed by atoms with Gasteiger partial charge in [0.2, 0.25) is 0 Å². The molecule has 0 radical (unpaired) electrons. The number of carbonyl (C=O) groups excluding carboxylic acids is 1. The van der Waals surface area contributed by atoms with E-state index in [4.69, 9.17) is 10.5 Å². The van der Waals surface area contributed by atoms with E-state index in [1.807, 2.05) is 19.1 Å². The first-order valence-corrected chi connectivity index (χ1v) is 7.52. The maximum atomic E-state index is 11.9. The van der Waals surface area contributed by atoms with Crippen molar-refractivity contribution in [1.82, 2.24) is 4.90 Å². The molecule has 0 aliphatic carbocycles. The van der Waals surface area contributed by atoms with Crippen molar-refractivity contribution < 1.29 is 14.6 Å². The van der Waals surface area contributed by atoms with E-state index in [-0.39, 0.29) is 12.0 Å². The van der Waals surface area contributed by atoms with Crippen LogP contribution in [0, 0.1) is 6.92 Å². The normalized spacial score (nSPS) is 24.7. The maximum absolute atomic E-state index is 11.9. The fourth-order valence-corrected chi connectivity index (χ4v) is 3.24. The first kappa shape index (κ1) is 14.5. The van der Waals surface area contributed by atoms with E-state index in [1.54, 1.807) is 6.07 Å². The number of cyclic esters (lactones) is 1. The SMILES string of the molecule is Cc1cccc2c1C(C(O)CN1CCC(N)CC1)OC2=O. The van der Waals surface area contributed by atoms with Crippen LogP contribution in [0.3, 0.4) is 0 Å². The third kappa shape index (κ3) is 2.81. The van der Waals surface area contributed by atoms with Crippen molar-refractivity contribution in [2.75, 3.05) is 19.6 Å². The van der Waals surface area contributed by atoms with E-state index < -0.39 is 12.2 Å². The molecule has 0 aromatic heterocycles. The van der Waals surface area contributed by atoms with Gasteiger partial charge in [-0.25, -0.2) is 4.79 Å². The Morgan fingerprint density at radius 3 is 2.86 bits per heavy atom. The molecule has 2 aliphatic rings. The zero-order chi connectivity index (χ0) is 15.0. The highest BCUT2D eigenvalue weighted by Gasteiger charge is 2.37. The number of rotatable bonds is 3. The standard InChI is InChI=1S/C16H22N2O3/c1-10-3-2-4-12-14(10)15(21-16(12)20)13(19)9-18-7-5-11(17)6-8-18/h2-4,11,13,15,19H,5-9,17H2,1H3. The van der Waals surface area contributed by atoms with Gasteiger partial charge in [0, 0.05) is 18.2 Å². The Bertz CT molecular complexity index is 538. The lowest BCUT2D eigenvalue weighted by Crippen LogP contribution is -2.44. The molecule has 3 N–H and O–H groups in total. The summed E-state index contributed by atoms with van der Waals surface area (Å²) in [5, 5.41) is 10.5. The largest absolute Gasteiger partial charge is 0.451 e. The molecule has 0 saturated carbocycles. The number of nitrogens with zero attached hydrogens (tertiary/aromatic N) is 1. The van der Waals surface area contributed by atoms with E-state index >= 15 is 0 Å². The molecule has 5 heteroatoms. The predicted octanol–water partition coefficient (Wildman–Crippen LogP) is 0.991. The highest BCUT2D eigenvalue weighted by Crippen LogP contribution is 2.35. The molecule has 21 heavy (non-hydrogen) atoms. The number of hydrogen-bond donors (Lipinski definition) is 2. The number of hydrogen-bond acceptors (Lipinski definition) is 5. The first-order valence-electron chi connectivity index (χ1n) is 7.52. The molecule has 2 heterocycles. The highest BCUT2D eigenvalue weighted by atomic mass is 16.6. The zero-order valence-corrected chi connectivity index (χ0v) is 12.3. The number of nitrogens with two attached hydrogens (primary N) is 1. The van der Waals surface area contributed by atoms with Crippen molar-refractivity contribution in [3.8, 4) is 0 Å². The molecule has 1 aromatic carbocycles. The summed E-state index contributed by atoms with van der Waals surface area (Å²) in [5.41, 5.74) is 8.30. The van der Waals surface area contributed by atoms with Crippen LogP contribution in [-0.2, 0) is 4.74 Å². The lowest BCUT2D eigenvalue weighted by atomic mass is 9.96. The predicted molar refractivity (Wildman–Crippen MR) is 79.0 cm³/mol. The van der Waals surface area contributed by atoms with Crippen LogP contribution in [0.25, 0.3) is 0 Å². The van der Waals surface area contributed by atoms with Gasteiger partial charge in [-0.1, -0.05) is 12.1 Å². The van der Waals surface area contributed by atoms with Gasteiger partial charge in [-0.2, -0.15) is 0 Å². The minimum Gasteiger partial charge on any atom is -0.451 e. The average Bonchev–Trinajstić information content (AvgIpc) is 2.80. The van der Waals surface area contributed by atoms with Crippen molar-refractivity contribution in [2.45, 2.75) is 38.0 Å². The fraction of sp³-hybridized carbons (Fsp3) is 0.562. The van der Waals surface area contributed by atoms with Gasteiger partial charge in [0.05, 0.1) is 5.56 Å². The minimum absolute atomic E-state index is 0.269. The van der Waals surface area contributed by atoms with Crippen LogP contribution in [0.1, 0.15) is 40.4 Å². The second-order valence-electron chi connectivity index (χ2n) is 6.07. The number of carbonyl (C=O) groups is 1. The molecule has 2 aliphatic heterocycles. The topological polar surface area (TPSA) is 75.8 Å². The summed E-state index contributed by atoms with van der Waals surface area (Å²) < 4.78 is 5.40. The fourth-order valence-electron chi connectivity index (χ4n) is 3.24. The van der Waals surface area contributed by atoms with Gasteiger partial charge in [0.25, 0.3) is 0 Å². The summed E-state index contributed by atoms with van der Waals surface area (Å²) in [6.07, 6.45) is 0.648. The van der Waals surface area contributed by atoms with Crippen LogP contribution in [0.15, 0.2) is 18.2 Å². The summed E-state index contributed by atoms with van der Waals surface area (Å²) in [6, 6.07) is 5.82. The lowest BCUT2D eigenvalue weighted by molar-refractivity contribution is -0.0240. The molecule has 114 valence electrons. The third-order valence-corrected chi connectivity index (χ3v) is 4.49. The molecule has 0 amide bonds. The van der Waals surface area contributed by atoms with Crippen LogP contribution in [0.5, 0.6) is 0 Å². The number of fused-ring (bicyclic) bond motifs is 1. The highest BCUT2D eigenvalue weighted by molar-refractivity contribution is 5.94. The Morgan fingerprint density at radius 1 is 1.43 bits per heavy atom. The van der Waals surface area contributed by atoms with Crippen molar-refractivity contribution in [3.63, 3.8) is 0 Å². The van der Waals surface area contributed by atoms with Crippen LogP contribution < -0.4 is 5.73 Å². The first-order chi connectivity index (χ1) is 10.1. The van der Waals surface area contributed by atoms with Crippen molar-refractivity contribution >= 4 is 5.97 Å². The number of esters is 1. The number of aryl methyl sites for hydroxylation is 1. The molecular formula is C16H22N2O3. The van der Waals surface area contributed by atoms with Gasteiger partial charge in [-0.15, -0.1) is 0 Å². The Morgan fingerprint density at radius 2 is 2.14 bits per heavy atom. The quantitative estimate of drug-likeness (QED) is 0.812. The van der Waals surface area contributed by atoms with E-state index in [0.717, 1.165) is 37.1 Å². The Hall–Kier alpha value is -1.43. The summed E-state index contributed by atoms with van der Waals surface area (Å²) in [6.45, 7) is 4.23. The molecule has 5 nitrogen and oxygen atoms in total. The molecular weight excluding hydrogens is 268 g/mol. The van der Waals surface area contributed by atoms with Gasteiger partial charge >= 0.3 is 5.97 Å². The number of benzene rings is 1. The smallest absolute Gasteiger partial charge is 0.339 e. The molecule has 1 saturated heterocycles. The van der Waals surface area contributed by atoms with Crippen LogP contribution in [0.4, 0.5) is 0 Å². The van der Waals surface area contributed by atoms with Crippen molar-refractivity contribution in [1.29, 1.82) is 0 Å². The summed E-state index contributed by atoms with van der Waals surface area (Å²) in [4.78, 5) is 14.1. The monoisotopic (exact) mass is 290 g/mol. The second kappa shape index (κ2) is 5.75. The van der Waals surface area contributed by atoms with E-state index in [2.05, 4.69) is 4.90 Å². The second-order valence-corrected chi connectivity index (χ2v) is 6.07. The Labute approximate surface area is 124 Å². The van der Waals surface area contributed by atoms with Gasteiger partial charge < -0.3 is 20.5 Å². The zero-order valence-electron chi connectivity index (χ0n) is 12.3. The maximum Gasteiger partial charge on any atom is 0.339 e. The average molecular weight is 290 g/mol. The number of piperidine rings is 1. The minimum atomic E-state index is -0.703. The Balaban J connectivity index is 1.72. The molecule has 2 unspecified atom stereocenters. The van der Waals surface area contributed by atoms with Crippen molar-refractivity contribution in [3.05, 3.63) is 34.9 Å². The number of likely N-dealkylation sites (tertiary alicyclic amines) is 1. The molecule has 0 bridgehead atoms. The molecule has 1 fully saturated rings. The molecule has 3 rings (SSSR count). The lowest BCUT2D eigenvalue weighted by Gasteiger charge is -2.32. The van der Waals surface area contributed by atoms with Gasteiger partial charge in [0.15, 0.2) is 6.10 Å². The third-order valence-electron chi connectivity index (χ3n) is 4.49. The van der Waals surface area contributed by atoms with E-state index in [1.165, 1.54) is 0 Å². The van der Waals surface area contributed by atoms with Crippen LogP contribution >= 0.6 is 0 Å². The molecule has 1 aromatic rings. The number of ether oxygens (including phenoxy) is 1. The molecule has 2 atom stereocenters. The summed E-state index contributed by atoms with van der Waals surface area (Å²) in [7, 11) is 0. The number of aliphatic hydroxyl groups is 1. The number of β-amino-alcohol motifs (C(OH)–C–C–N with tert-alkyl or cyclic N) is 1. The van der Waals surface area contributed by atoms with Crippen molar-refractivity contribution in [2.24, 2.45) is 5.73 Å². The van der Waals surface area contributed by atoms with E-state index in [9.17, 15) is 9.90 Å². The Kier molecular flexibility index (Phi) is 3.97. The van der Waals surface area contributed by atoms with Gasteiger partial charge in [-0.3, -0.25) is 0 Å². The molecule has 0 spiro atoms.